The predicted molar refractivity (Wildman–Crippen MR) is 90.2 cm³/mol. The lowest BCUT2D eigenvalue weighted by Crippen LogP contribution is -2.35. The van der Waals surface area contributed by atoms with E-state index >= 15 is 0 Å². The van der Waals surface area contributed by atoms with Crippen molar-refractivity contribution in [2.24, 2.45) is 0 Å². The minimum Gasteiger partial charge on any atom is -0.469 e. The monoisotopic (exact) mass is 347 g/mol. The third kappa shape index (κ3) is 6.37. The van der Waals surface area contributed by atoms with E-state index in [1.54, 1.807) is 29.6 Å². The number of imidazole rings is 1. The summed E-state index contributed by atoms with van der Waals surface area (Å²) in [6, 6.07) is 5.86. The van der Waals surface area contributed by atoms with Crippen molar-refractivity contribution in [2.75, 3.05) is 20.2 Å². The molecule has 2 aromatic rings. The summed E-state index contributed by atoms with van der Waals surface area (Å²) in [6.07, 6.45) is 6.35. The zero-order valence-electron chi connectivity index (χ0n) is 14.2. The maximum absolute atomic E-state index is 13.0. The van der Waals surface area contributed by atoms with Crippen LogP contribution in [0.5, 0.6) is 0 Å². The number of carbonyl (C=O) groups excluding carboxylic acids is 2. The first-order valence-electron chi connectivity index (χ1n) is 8.13. The molecular weight excluding hydrogens is 325 g/mol. The summed E-state index contributed by atoms with van der Waals surface area (Å²) >= 11 is 0. The van der Waals surface area contributed by atoms with Gasteiger partial charge in [-0.1, -0.05) is 12.1 Å². The Hall–Kier alpha value is -2.70. The maximum atomic E-state index is 13.0. The van der Waals surface area contributed by atoms with Gasteiger partial charge in [-0.3, -0.25) is 9.59 Å². The van der Waals surface area contributed by atoms with Gasteiger partial charge >= 0.3 is 5.97 Å². The highest BCUT2D eigenvalue weighted by Gasteiger charge is 2.15. The van der Waals surface area contributed by atoms with E-state index in [4.69, 9.17) is 0 Å². The fraction of sp³-hybridized carbons (Fsp3) is 0.389. The number of esters is 1. The lowest BCUT2D eigenvalue weighted by atomic mass is 10.1. The predicted octanol–water partition coefficient (Wildman–Crippen LogP) is 2.05. The molecule has 0 saturated heterocycles. The van der Waals surface area contributed by atoms with Crippen molar-refractivity contribution in [1.29, 1.82) is 0 Å². The van der Waals surface area contributed by atoms with Crippen molar-refractivity contribution in [2.45, 2.75) is 25.8 Å². The van der Waals surface area contributed by atoms with E-state index in [1.807, 2.05) is 10.8 Å². The van der Waals surface area contributed by atoms with Crippen LogP contribution in [0.25, 0.3) is 0 Å². The molecule has 0 aliphatic heterocycles. The van der Waals surface area contributed by atoms with Gasteiger partial charge in [0.2, 0.25) is 5.91 Å². The Bertz CT molecular complexity index is 671. The number of benzene rings is 1. The molecule has 0 bridgehead atoms. The Labute approximate surface area is 146 Å². The lowest BCUT2D eigenvalue weighted by Gasteiger charge is -2.22. The van der Waals surface area contributed by atoms with Crippen molar-refractivity contribution in [3.63, 3.8) is 0 Å². The molecule has 1 heterocycles. The van der Waals surface area contributed by atoms with Gasteiger partial charge in [0, 0.05) is 32.0 Å². The van der Waals surface area contributed by atoms with Crippen molar-refractivity contribution < 1.29 is 18.7 Å². The molecule has 0 aliphatic carbocycles. The first-order chi connectivity index (χ1) is 12.1. The molecule has 2 rings (SSSR count). The number of nitrogens with zero attached hydrogens (tertiary/aromatic N) is 3. The molecule has 1 amide bonds. The number of rotatable bonds is 9. The van der Waals surface area contributed by atoms with Gasteiger partial charge in [-0.25, -0.2) is 9.37 Å². The average Bonchev–Trinajstić information content (AvgIpc) is 3.12. The number of amides is 1. The van der Waals surface area contributed by atoms with Gasteiger partial charge in [-0.15, -0.1) is 0 Å². The van der Waals surface area contributed by atoms with Gasteiger partial charge < -0.3 is 14.2 Å². The third-order valence-corrected chi connectivity index (χ3v) is 3.84. The molecule has 0 radical (unpaired) electrons. The quantitative estimate of drug-likeness (QED) is 0.651. The first-order valence-corrected chi connectivity index (χ1v) is 8.13. The summed E-state index contributed by atoms with van der Waals surface area (Å²) in [5.74, 6) is -0.783. The average molecular weight is 347 g/mol. The summed E-state index contributed by atoms with van der Waals surface area (Å²) < 4.78 is 19.6. The third-order valence-electron chi connectivity index (χ3n) is 3.84. The van der Waals surface area contributed by atoms with E-state index in [2.05, 4.69) is 9.72 Å². The molecule has 0 saturated carbocycles. The summed E-state index contributed by atoms with van der Waals surface area (Å²) in [7, 11) is 1.33. The standard InChI is InChI=1S/C18H22FN3O3/c1-25-18(24)7-11-22(10-2-9-21-12-8-20-14-21)17(23)13-15-3-5-16(19)6-4-15/h3-6,8,12,14H,2,7,9-11,13H2,1H3. The molecule has 134 valence electrons. The van der Waals surface area contributed by atoms with Crippen molar-refractivity contribution in [3.05, 3.63) is 54.4 Å². The second kappa shape index (κ2) is 9.56. The molecule has 25 heavy (non-hydrogen) atoms. The minimum atomic E-state index is -0.353. The van der Waals surface area contributed by atoms with E-state index < -0.39 is 0 Å². The van der Waals surface area contributed by atoms with E-state index in [0.717, 1.165) is 18.5 Å². The normalized spacial score (nSPS) is 10.5. The Morgan fingerprint density at radius 2 is 2.00 bits per heavy atom. The lowest BCUT2D eigenvalue weighted by molar-refractivity contribution is -0.141. The Morgan fingerprint density at radius 3 is 2.64 bits per heavy atom. The number of hydrogen-bond acceptors (Lipinski definition) is 4. The Morgan fingerprint density at radius 1 is 1.24 bits per heavy atom. The van der Waals surface area contributed by atoms with Crippen LogP contribution in [0.4, 0.5) is 4.39 Å². The van der Waals surface area contributed by atoms with Crippen LogP contribution in [-0.2, 0) is 27.3 Å². The second-order valence-corrected chi connectivity index (χ2v) is 5.66. The van der Waals surface area contributed by atoms with Crippen molar-refractivity contribution in [1.82, 2.24) is 14.5 Å². The van der Waals surface area contributed by atoms with Gasteiger partial charge in [0.15, 0.2) is 0 Å². The largest absolute Gasteiger partial charge is 0.469 e. The van der Waals surface area contributed by atoms with Crippen LogP contribution in [0.3, 0.4) is 0 Å². The fourth-order valence-corrected chi connectivity index (χ4v) is 2.44. The van der Waals surface area contributed by atoms with Crippen LogP contribution in [0.15, 0.2) is 43.0 Å². The smallest absolute Gasteiger partial charge is 0.307 e. The van der Waals surface area contributed by atoms with E-state index in [9.17, 15) is 14.0 Å². The number of hydrogen-bond donors (Lipinski definition) is 0. The zero-order chi connectivity index (χ0) is 18.1. The maximum Gasteiger partial charge on any atom is 0.307 e. The van der Waals surface area contributed by atoms with Gasteiger partial charge in [0.25, 0.3) is 0 Å². The van der Waals surface area contributed by atoms with Crippen LogP contribution < -0.4 is 0 Å². The highest BCUT2D eigenvalue weighted by atomic mass is 19.1. The molecule has 0 atom stereocenters. The topological polar surface area (TPSA) is 64.4 Å². The molecule has 0 spiro atoms. The van der Waals surface area contributed by atoms with Gasteiger partial charge in [0.05, 0.1) is 26.3 Å². The van der Waals surface area contributed by atoms with Gasteiger partial charge in [0.1, 0.15) is 5.82 Å². The van der Waals surface area contributed by atoms with Gasteiger partial charge in [-0.05, 0) is 24.1 Å². The molecule has 1 aromatic carbocycles. The zero-order valence-corrected chi connectivity index (χ0v) is 14.2. The molecule has 0 unspecified atom stereocenters. The molecule has 1 aromatic heterocycles. The molecule has 7 heteroatoms. The Kier molecular flexibility index (Phi) is 7.13. The number of aryl methyl sites for hydroxylation is 1. The number of carbonyl (C=O) groups is 2. The molecule has 0 N–H and O–H groups in total. The minimum absolute atomic E-state index is 0.0962. The van der Waals surface area contributed by atoms with Crippen LogP contribution in [0.1, 0.15) is 18.4 Å². The number of methoxy groups -OCH3 is 1. The Balaban J connectivity index is 1.92. The van der Waals surface area contributed by atoms with Crippen LogP contribution >= 0.6 is 0 Å². The van der Waals surface area contributed by atoms with Crippen LogP contribution in [-0.4, -0.2) is 46.5 Å². The number of ether oxygens (including phenoxy) is 1. The first kappa shape index (κ1) is 18.6. The van der Waals surface area contributed by atoms with Crippen molar-refractivity contribution >= 4 is 11.9 Å². The van der Waals surface area contributed by atoms with E-state index in [-0.39, 0.29) is 30.5 Å². The molecule has 6 nitrogen and oxygen atoms in total. The summed E-state index contributed by atoms with van der Waals surface area (Å²) in [5.41, 5.74) is 0.740. The molecular formula is C18H22FN3O3. The summed E-state index contributed by atoms with van der Waals surface area (Å²) in [6.45, 7) is 1.56. The number of aromatic nitrogens is 2. The second-order valence-electron chi connectivity index (χ2n) is 5.66. The van der Waals surface area contributed by atoms with Crippen molar-refractivity contribution in [3.8, 4) is 0 Å². The van der Waals surface area contributed by atoms with Gasteiger partial charge in [-0.2, -0.15) is 0 Å². The number of halogens is 1. The molecule has 0 fully saturated rings. The van der Waals surface area contributed by atoms with Crippen LogP contribution in [0, 0.1) is 5.82 Å². The van der Waals surface area contributed by atoms with Crippen LogP contribution in [0.2, 0.25) is 0 Å². The summed E-state index contributed by atoms with van der Waals surface area (Å²) in [5, 5.41) is 0. The van der Waals surface area contributed by atoms with E-state index in [1.165, 1.54) is 19.2 Å². The summed E-state index contributed by atoms with van der Waals surface area (Å²) in [4.78, 5) is 29.6. The highest BCUT2D eigenvalue weighted by molar-refractivity contribution is 5.79. The SMILES string of the molecule is COC(=O)CCN(CCCn1ccnc1)C(=O)Cc1ccc(F)cc1. The fourth-order valence-electron chi connectivity index (χ4n) is 2.44. The molecule has 0 aliphatic rings. The highest BCUT2D eigenvalue weighted by Crippen LogP contribution is 2.07. The van der Waals surface area contributed by atoms with E-state index in [0.29, 0.717) is 13.1 Å².